The summed E-state index contributed by atoms with van der Waals surface area (Å²) < 4.78 is 0. The maximum atomic E-state index is 10.6. The van der Waals surface area contributed by atoms with Gasteiger partial charge in [0.05, 0.1) is 0 Å². The van der Waals surface area contributed by atoms with E-state index in [0.717, 1.165) is 19.3 Å². The molecular weight excluding hydrogens is 583 g/mol. The van der Waals surface area contributed by atoms with Crippen LogP contribution in [0.15, 0.2) is 44.3 Å². The second kappa shape index (κ2) is 18.7. The van der Waals surface area contributed by atoms with Gasteiger partial charge in [-0.25, -0.2) is 40.9 Å². The minimum absolute atomic E-state index is 0. The first kappa shape index (κ1) is 36.5. The quantitative estimate of drug-likeness (QED) is 0.110. The molecular formula is C22H36N14NiO4. The molecule has 0 aliphatic carbocycles. The summed E-state index contributed by atoms with van der Waals surface area (Å²) in [5.41, 5.74) is 31.4. The Morgan fingerprint density at radius 3 is 1.59 bits per heavy atom. The van der Waals surface area contributed by atoms with Crippen LogP contribution in [0.1, 0.15) is 47.0 Å². The molecule has 1 fully saturated rings. The summed E-state index contributed by atoms with van der Waals surface area (Å²) in [6, 6.07) is -3.46. The maximum Gasteiger partial charge on any atom is 2.00 e. The number of piperidine rings is 1. The van der Waals surface area contributed by atoms with Crippen molar-refractivity contribution in [2.24, 2.45) is 43.3 Å². The maximum absolute atomic E-state index is 10.6. The van der Waals surface area contributed by atoms with Crippen LogP contribution in [-0.2, 0) is 16.5 Å². The molecule has 3 unspecified atom stereocenters. The third-order valence-corrected chi connectivity index (χ3v) is 5.27. The fraction of sp³-hybridized carbons (Fsp3) is 0.455. The number of amides is 8. The van der Waals surface area contributed by atoms with E-state index in [2.05, 4.69) is 52.7 Å². The van der Waals surface area contributed by atoms with Crippen molar-refractivity contribution in [2.45, 2.75) is 65.1 Å². The molecule has 0 aromatic heterocycles. The van der Waals surface area contributed by atoms with Crippen molar-refractivity contribution in [1.82, 2.24) is 21.7 Å². The Morgan fingerprint density at radius 1 is 0.732 bits per heavy atom. The minimum Gasteiger partial charge on any atom is -0.672 e. The number of urea groups is 4. The number of carbonyl (C=O) groups is 4. The van der Waals surface area contributed by atoms with Gasteiger partial charge in [-0.1, -0.05) is 55.6 Å². The molecule has 18 nitrogen and oxygen atoms in total. The van der Waals surface area contributed by atoms with Crippen LogP contribution in [0.25, 0.3) is 10.6 Å². The van der Waals surface area contributed by atoms with Crippen LogP contribution in [0, 0.1) is 0 Å². The van der Waals surface area contributed by atoms with E-state index in [4.69, 9.17) is 22.9 Å². The van der Waals surface area contributed by atoms with Crippen LogP contribution >= 0.6 is 0 Å². The van der Waals surface area contributed by atoms with Gasteiger partial charge >= 0.3 is 40.6 Å². The SMILES string of the molecule is CC(=NNC(N)=O)C1=CC=CC(C(C)=NNC(N)=O)[N-]1.CC(=NNC(N)=O)C1CCCC(C(C)=NNC(N)=O)[N-]1.[Ni+2]. The molecule has 41 heavy (non-hydrogen) atoms. The van der Waals surface area contributed by atoms with E-state index in [0.29, 0.717) is 28.5 Å². The van der Waals surface area contributed by atoms with E-state index < -0.39 is 24.1 Å². The topological polar surface area (TPSA) is 298 Å². The van der Waals surface area contributed by atoms with Crippen molar-refractivity contribution in [3.63, 3.8) is 0 Å². The van der Waals surface area contributed by atoms with Crippen molar-refractivity contribution in [1.29, 1.82) is 0 Å². The number of hydrogen-bond acceptors (Lipinski definition) is 8. The summed E-state index contributed by atoms with van der Waals surface area (Å²) in [7, 11) is 0. The molecule has 0 radical (unpaired) electrons. The van der Waals surface area contributed by atoms with Crippen molar-refractivity contribution in [3.8, 4) is 0 Å². The zero-order valence-electron chi connectivity index (χ0n) is 23.0. The molecule has 1 saturated heterocycles. The molecule has 0 aromatic rings. The van der Waals surface area contributed by atoms with Gasteiger partial charge in [0, 0.05) is 22.8 Å². The molecule has 0 saturated carbocycles. The number of allylic oxidation sites excluding steroid dienone is 3. The third kappa shape index (κ3) is 15.0. The summed E-state index contributed by atoms with van der Waals surface area (Å²) in [5, 5.41) is 24.3. The Morgan fingerprint density at radius 2 is 1.15 bits per heavy atom. The summed E-state index contributed by atoms with van der Waals surface area (Å²) in [6.07, 6.45) is 7.95. The smallest absolute Gasteiger partial charge is 0.672 e. The van der Waals surface area contributed by atoms with Crippen LogP contribution in [0.4, 0.5) is 19.2 Å². The Kier molecular flexibility index (Phi) is 16.7. The van der Waals surface area contributed by atoms with E-state index in [1.165, 1.54) is 0 Å². The van der Waals surface area contributed by atoms with Crippen LogP contribution in [0.3, 0.4) is 0 Å². The molecule has 2 aliphatic heterocycles. The predicted octanol–water partition coefficient (Wildman–Crippen LogP) is 0.638. The van der Waals surface area contributed by atoms with Crippen molar-refractivity contribution in [3.05, 3.63) is 34.6 Å². The number of hydrogen-bond donors (Lipinski definition) is 8. The number of nitrogens with one attached hydrogen (secondary N) is 4. The normalized spacial score (nSPS) is 21.0. The summed E-state index contributed by atoms with van der Waals surface area (Å²) in [4.78, 5) is 42.4. The molecule has 0 aromatic carbocycles. The third-order valence-electron chi connectivity index (χ3n) is 5.27. The van der Waals surface area contributed by atoms with E-state index in [1.54, 1.807) is 45.9 Å². The van der Waals surface area contributed by atoms with Crippen LogP contribution in [-0.4, -0.2) is 65.1 Å². The molecule has 228 valence electrons. The van der Waals surface area contributed by atoms with Crippen LogP contribution < -0.4 is 44.6 Å². The van der Waals surface area contributed by atoms with E-state index in [1.807, 2.05) is 0 Å². The summed E-state index contributed by atoms with van der Waals surface area (Å²) in [6.45, 7) is 6.93. The van der Waals surface area contributed by atoms with Crippen molar-refractivity contribution in [2.75, 3.05) is 0 Å². The van der Waals surface area contributed by atoms with E-state index in [9.17, 15) is 19.2 Å². The van der Waals surface area contributed by atoms with Gasteiger partial charge in [-0.05, 0) is 27.7 Å². The zero-order valence-corrected chi connectivity index (χ0v) is 24.0. The second-order valence-electron chi connectivity index (χ2n) is 8.48. The molecule has 2 aliphatic rings. The van der Waals surface area contributed by atoms with Gasteiger partial charge in [0.25, 0.3) is 0 Å². The Bertz CT molecular complexity index is 1090. The van der Waals surface area contributed by atoms with E-state index in [-0.39, 0.29) is 34.6 Å². The zero-order chi connectivity index (χ0) is 30.2. The van der Waals surface area contributed by atoms with Gasteiger partial charge < -0.3 is 33.6 Å². The fourth-order valence-corrected chi connectivity index (χ4v) is 3.28. The number of nitrogens with zero attached hydrogens (tertiary/aromatic N) is 6. The standard InChI is InChI=1S/C11H20N7O2.C11H16N7O2.Ni/c2*1-6(15-17-10(12)19)8-4-3-5-9(14-8)7(2)16-18-11(13)20;/h8-9H,3-5H2,1-2H3,(H3,12,17,19)(H3,13,18,20);3-5,8H,1-2H3,(H3,12,17,19)(H3,13,18,20);/q2*-1;+2. The second-order valence-corrected chi connectivity index (χ2v) is 8.48. The first-order valence-electron chi connectivity index (χ1n) is 12.0. The number of carbonyl (C=O) groups excluding carboxylic acids is 4. The van der Waals surface area contributed by atoms with Crippen LogP contribution in [0.5, 0.6) is 0 Å². The van der Waals surface area contributed by atoms with Gasteiger partial charge in [0.2, 0.25) is 0 Å². The Balaban J connectivity index is 0.000000762. The first-order chi connectivity index (χ1) is 18.8. The average molecular weight is 619 g/mol. The minimum atomic E-state index is -0.753. The monoisotopic (exact) mass is 618 g/mol. The van der Waals surface area contributed by atoms with Crippen LogP contribution in [0.2, 0.25) is 0 Å². The summed E-state index contributed by atoms with van der Waals surface area (Å²) in [5.74, 6) is 0. The molecule has 12 N–H and O–H groups in total. The van der Waals surface area contributed by atoms with Gasteiger partial charge in [0.1, 0.15) is 0 Å². The molecule has 8 amide bonds. The number of hydrazone groups is 4. The van der Waals surface area contributed by atoms with E-state index >= 15 is 0 Å². The average Bonchev–Trinajstić information content (AvgIpc) is 2.92. The van der Waals surface area contributed by atoms with Crippen molar-refractivity contribution < 1.29 is 35.7 Å². The van der Waals surface area contributed by atoms with Gasteiger partial charge in [-0.15, -0.1) is 5.70 Å². The first-order valence-corrected chi connectivity index (χ1v) is 12.0. The Labute approximate surface area is 247 Å². The molecule has 3 atom stereocenters. The van der Waals surface area contributed by atoms with Gasteiger partial charge in [0.15, 0.2) is 0 Å². The van der Waals surface area contributed by atoms with Crippen molar-refractivity contribution >= 4 is 47.0 Å². The fourth-order valence-electron chi connectivity index (χ4n) is 3.28. The Hall–Kier alpha value is -4.51. The number of rotatable bonds is 8. The van der Waals surface area contributed by atoms with Gasteiger partial charge in [-0.3, -0.25) is 0 Å². The summed E-state index contributed by atoms with van der Waals surface area (Å²) >= 11 is 0. The van der Waals surface area contributed by atoms with Gasteiger partial charge in [-0.2, -0.15) is 20.4 Å². The molecule has 19 heteroatoms. The largest absolute Gasteiger partial charge is 2.00 e. The molecule has 2 rings (SSSR count). The molecule has 2 heterocycles. The number of primary amides is 4. The molecule has 0 bridgehead atoms. The predicted molar refractivity (Wildman–Crippen MR) is 152 cm³/mol. The molecule has 0 spiro atoms. The number of nitrogens with two attached hydrogens (primary N) is 4.